The van der Waals surface area contributed by atoms with Crippen LogP contribution in [0.5, 0.6) is 0 Å². The summed E-state index contributed by atoms with van der Waals surface area (Å²) in [6, 6.07) is -0.670. The Bertz CT molecular complexity index is 172. The van der Waals surface area contributed by atoms with Gasteiger partial charge in [0.15, 0.2) is 0 Å². The van der Waals surface area contributed by atoms with Gasteiger partial charge in [0.05, 0.1) is 0 Å². The average Bonchev–Trinajstić information content (AvgIpc) is 1.79. The number of carbonyl (C=O) groups excluding carboxylic acids is 1. The zero-order valence-electron chi connectivity index (χ0n) is 5.47. The Balaban J connectivity index is 3.58. The van der Waals surface area contributed by atoms with Crippen molar-refractivity contribution in [1.82, 2.24) is 5.43 Å². The highest BCUT2D eigenvalue weighted by molar-refractivity contribution is 9.11. The third-order valence-electron chi connectivity index (χ3n) is 0.553. The number of hydrogen-bond donors (Lipinski definition) is 2. The van der Waals surface area contributed by atoms with Crippen LogP contribution < -0.4 is 11.2 Å². The maximum absolute atomic E-state index is 10.0. The summed E-state index contributed by atoms with van der Waals surface area (Å²) < 4.78 is 0.919. The van der Waals surface area contributed by atoms with Crippen molar-refractivity contribution >= 4 is 28.2 Å². The molecule has 0 saturated heterocycles. The molecule has 0 rings (SSSR count). The third-order valence-corrected chi connectivity index (χ3v) is 0.818. The van der Waals surface area contributed by atoms with E-state index >= 15 is 0 Å². The number of amides is 2. The fourth-order valence-corrected chi connectivity index (χ4v) is 0.359. The van der Waals surface area contributed by atoms with Crippen LogP contribution in [-0.4, -0.2) is 12.2 Å². The van der Waals surface area contributed by atoms with Crippen LogP contribution in [0.3, 0.4) is 0 Å². The predicted molar refractivity (Wildman–Crippen MR) is 43.9 cm³/mol. The first-order chi connectivity index (χ1) is 4.63. The van der Waals surface area contributed by atoms with Gasteiger partial charge in [0.2, 0.25) is 0 Å². The van der Waals surface area contributed by atoms with E-state index in [1.807, 2.05) is 12.3 Å². The normalized spacial score (nSPS) is 12.0. The van der Waals surface area contributed by atoms with Crippen LogP contribution in [0.15, 0.2) is 15.7 Å². The molecule has 0 heterocycles. The molecule has 0 aromatic rings. The van der Waals surface area contributed by atoms with Gasteiger partial charge < -0.3 is 5.73 Å². The maximum atomic E-state index is 10.0. The van der Waals surface area contributed by atoms with E-state index in [9.17, 15) is 4.79 Å². The summed E-state index contributed by atoms with van der Waals surface area (Å²) in [6.45, 7) is 1.84. The van der Waals surface area contributed by atoms with Crippen molar-refractivity contribution in [3.63, 3.8) is 0 Å². The summed E-state index contributed by atoms with van der Waals surface area (Å²) in [5.41, 5.74) is 6.76. The second-order valence-corrected chi connectivity index (χ2v) is 2.76. The number of nitrogens with one attached hydrogen (secondary N) is 1. The van der Waals surface area contributed by atoms with Gasteiger partial charge in [0.25, 0.3) is 0 Å². The Morgan fingerprint density at radius 3 is 2.80 bits per heavy atom. The number of halogens is 1. The number of nitrogens with zero attached hydrogens (tertiary/aromatic N) is 1. The van der Waals surface area contributed by atoms with Gasteiger partial charge in [-0.1, -0.05) is 15.9 Å². The molecular formula is C5H8BrN3O. The van der Waals surface area contributed by atoms with Crippen LogP contribution in [0, 0.1) is 0 Å². The molecule has 0 fully saturated rings. The van der Waals surface area contributed by atoms with Crippen molar-refractivity contribution in [2.45, 2.75) is 6.92 Å². The Labute approximate surface area is 67.3 Å². The van der Waals surface area contributed by atoms with Crippen molar-refractivity contribution in [1.29, 1.82) is 0 Å². The summed E-state index contributed by atoms with van der Waals surface area (Å²) in [4.78, 5) is 10.0. The summed E-state index contributed by atoms with van der Waals surface area (Å²) in [5, 5.41) is 3.46. The molecule has 0 aromatic carbocycles. The first-order valence-corrected chi connectivity index (χ1v) is 3.33. The van der Waals surface area contributed by atoms with Gasteiger partial charge in [0.1, 0.15) is 0 Å². The van der Waals surface area contributed by atoms with E-state index in [1.54, 1.807) is 6.08 Å². The van der Waals surface area contributed by atoms with E-state index in [0.29, 0.717) is 0 Å². The summed E-state index contributed by atoms with van der Waals surface area (Å²) in [7, 11) is 0. The van der Waals surface area contributed by atoms with Crippen LogP contribution in [0.2, 0.25) is 0 Å². The summed E-state index contributed by atoms with van der Waals surface area (Å²) >= 11 is 3.17. The molecule has 0 saturated carbocycles. The molecular weight excluding hydrogens is 198 g/mol. The van der Waals surface area contributed by atoms with Crippen LogP contribution in [0.4, 0.5) is 4.79 Å². The minimum atomic E-state index is -0.670. The molecule has 0 aliphatic heterocycles. The zero-order chi connectivity index (χ0) is 7.98. The second-order valence-electron chi connectivity index (χ2n) is 1.51. The molecule has 4 nitrogen and oxygen atoms in total. The fraction of sp³-hybridized carbons (Fsp3) is 0.200. The van der Waals surface area contributed by atoms with Crippen molar-refractivity contribution in [2.24, 2.45) is 10.8 Å². The first-order valence-electron chi connectivity index (χ1n) is 2.54. The number of hydrogen-bond acceptors (Lipinski definition) is 2. The number of rotatable bonds is 2. The summed E-state index contributed by atoms with van der Waals surface area (Å²) in [5.74, 6) is 0. The van der Waals surface area contributed by atoms with Crippen molar-refractivity contribution in [2.75, 3.05) is 0 Å². The molecule has 0 radical (unpaired) electrons. The molecule has 0 atom stereocenters. The number of nitrogens with two attached hydrogens (primary N) is 1. The molecule has 0 aliphatic rings. The number of hydrazone groups is 1. The topological polar surface area (TPSA) is 67.5 Å². The fourth-order valence-electron chi connectivity index (χ4n) is 0.241. The van der Waals surface area contributed by atoms with Crippen molar-refractivity contribution in [3.05, 3.63) is 10.6 Å². The number of carbonyl (C=O) groups is 1. The van der Waals surface area contributed by atoms with Crippen LogP contribution in [0.1, 0.15) is 6.92 Å². The van der Waals surface area contributed by atoms with Crippen LogP contribution in [-0.2, 0) is 0 Å². The standard InChI is InChI=1S/C5H8BrN3O/c1-4(6)2-3-8-9-5(7)10/h2-3H,1H3,(H3,7,9,10). The van der Waals surface area contributed by atoms with Gasteiger partial charge in [0, 0.05) is 6.21 Å². The molecule has 0 aromatic heterocycles. The largest absolute Gasteiger partial charge is 0.350 e. The number of allylic oxidation sites excluding steroid dienone is 2. The van der Waals surface area contributed by atoms with Crippen LogP contribution in [0.25, 0.3) is 0 Å². The van der Waals surface area contributed by atoms with E-state index in [0.717, 1.165) is 4.48 Å². The molecule has 0 bridgehead atoms. The highest BCUT2D eigenvalue weighted by atomic mass is 79.9. The van der Waals surface area contributed by atoms with Crippen molar-refractivity contribution < 1.29 is 4.79 Å². The Morgan fingerprint density at radius 2 is 2.40 bits per heavy atom. The van der Waals surface area contributed by atoms with Gasteiger partial charge in [-0.05, 0) is 17.5 Å². The Hall–Kier alpha value is -0.840. The maximum Gasteiger partial charge on any atom is 0.332 e. The molecule has 5 heteroatoms. The van der Waals surface area contributed by atoms with Gasteiger partial charge in [-0.3, -0.25) is 0 Å². The molecule has 2 amide bonds. The van der Waals surface area contributed by atoms with E-state index in [1.165, 1.54) is 6.21 Å². The molecule has 0 aliphatic carbocycles. The molecule has 0 unspecified atom stereocenters. The monoisotopic (exact) mass is 205 g/mol. The predicted octanol–water partition coefficient (Wildman–Crippen LogP) is 0.939. The van der Waals surface area contributed by atoms with Gasteiger partial charge in [-0.25, -0.2) is 10.2 Å². The lowest BCUT2D eigenvalue weighted by Gasteiger charge is -1.86. The lowest BCUT2D eigenvalue weighted by Crippen LogP contribution is -2.24. The highest BCUT2D eigenvalue weighted by Crippen LogP contribution is 1.98. The summed E-state index contributed by atoms with van der Waals surface area (Å²) in [6.07, 6.45) is 3.10. The third kappa shape index (κ3) is 7.16. The first kappa shape index (κ1) is 9.16. The lowest BCUT2D eigenvalue weighted by atomic mass is 10.6. The van der Waals surface area contributed by atoms with E-state index in [-0.39, 0.29) is 0 Å². The highest BCUT2D eigenvalue weighted by Gasteiger charge is 1.81. The minimum Gasteiger partial charge on any atom is -0.350 e. The van der Waals surface area contributed by atoms with Gasteiger partial charge in [-0.2, -0.15) is 5.10 Å². The minimum absolute atomic E-state index is 0.670. The SMILES string of the molecule is CC(Br)=CC=NNC(N)=O. The molecule has 3 N–H and O–H groups in total. The lowest BCUT2D eigenvalue weighted by molar-refractivity contribution is 0.249. The Kier molecular flexibility index (Phi) is 4.57. The van der Waals surface area contributed by atoms with E-state index in [4.69, 9.17) is 5.73 Å². The molecule has 56 valence electrons. The van der Waals surface area contributed by atoms with Gasteiger partial charge >= 0.3 is 6.03 Å². The Morgan fingerprint density at radius 1 is 1.80 bits per heavy atom. The van der Waals surface area contributed by atoms with Gasteiger partial charge in [-0.15, -0.1) is 0 Å². The number of urea groups is 1. The average molecular weight is 206 g/mol. The smallest absolute Gasteiger partial charge is 0.332 e. The zero-order valence-corrected chi connectivity index (χ0v) is 7.05. The van der Waals surface area contributed by atoms with E-state index < -0.39 is 6.03 Å². The quantitative estimate of drug-likeness (QED) is 0.512. The number of primary amides is 1. The van der Waals surface area contributed by atoms with Crippen LogP contribution >= 0.6 is 15.9 Å². The molecule has 10 heavy (non-hydrogen) atoms. The molecule has 0 spiro atoms. The second kappa shape index (κ2) is 4.99. The van der Waals surface area contributed by atoms with E-state index in [2.05, 4.69) is 21.0 Å². The van der Waals surface area contributed by atoms with Crippen molar-refractivity contribution in [3.8, 4) is 0 Å².